The predicted molar refractivity (Wildman–Crippen MR) is 87.6 cm³/mol. The van der Waals surface area contributed by atoms with Crippen molar-refractivity contribution in [2.75, 3.05) is 7.11 Å². The summed E-state index contributed by atoms with van der Waals surface area (Å²) in [6, 6.07) is 15.1. The highest BCUT2D eigenvalue weighted by Crippen LogP contribution is 2.26. The summed E-state index contributed by atoms with van der Waals surface area (Å²) in [5.41, 5.74) is 3.02. The number of carbonyl (C=O) groups excluding carboxylic acids is 1. The highest BCUT2D eigenvalue weighted by Gasteiger charge is 2.17. The van der Waals surface area contributed by atoms with Gasteiger partial charge in [0.15, 0.2) is 5.78 Å². The summed E-state index contributed by atoms with van der Waals surface area (Å²) in [4.78, 5) is 17.4. The van der Waals surface area contributed by atoms with Gasteiger partial charge in [0.2, 0.25) is 0 Å². The summed E-state index contributed by atoms with van der Waals surface area (Å²) < 4.78 is 5.14. The smallest absolute Gasteiger partial charge is 0.195 e. The summed E-state index contributed by atoms with van der Waals surface area (Å²) in [6.07, 6.45) is 0. The number of nitrogens with zero attached hydrogens (tertiary/aromatic N) is 1. The molecule has 3 heteroatoms. The second-order valence-corrected chi connectivity index (χ2v) is 5.26. The average molecular weight is 291 g/mol. The molecule has 3 rings (SSSR count). The Bertz CT molecular complexity index is 851. The first kappa shape index (κ1) is 14.3. The van der Waals surface area contributed by atoms with E-state index in [1.165, 1.54) is 0 Å². The van der Waals surface area contributed by atoms with Crippen LogP contribution in [0.2, 0.25) is 0 Å². The Hall–Kier alpha value is -2.68. The molecule has 1 aromatic heterocycles. The van der Waals surface area contributed by atoms with Crippen LogP contribution in [0.5, 0.6) is 5.75 Å². The van der Waals surface area contributed by atoms with Crippen LogP contribution in [-0.4, -0.2) is 17.9 Å². The molecule has 0 atom stereocenters. The third-order valence-corrected chi connectivity index (χ3v) is 3.86. The van der Waals surface area contributed by atoms with Gasteiger partial charge in [-0.2, -0.15) is 0 Å². The van der Waals surface area contributed by atoms with E-state index in [0.717, 1.165) is 27.9 Å². The Labute approximate surface area is 129 Å². The van der Waals surface area contributed by atoms with Gasteiger partial charge in [-0.15, -0.1) is 0 Å². The van der Waals surface area contributed by atoms with Crippen LogP contribution < -0.4 is 4.74 Å². The van der Waals surface area contributed by atoms with Crippen LogP contribution in [0.1, 0.15) is 27.3 Å². The molecule has 0 saturated heterocycles. The van der Waals surface area contributed by atoms with E-state index in [1.807, 2.05) is 38.1 Å². The monoisotopic (exact) mass is 291 g/mol. The number of aromatic nitrogens is 1. The lowest BCUT2D eigenvalue weighted by Crippen LogP contribution is -2.07. The number of ether oxygens (including phenoxy) is 1. The molecule has 0 unspecified atom stereocenters. The number of fused-ring (bicyclic) bond motifs is 1. The summed E-state index contributed by atoms with van der Waals surface area (Å²) in [6.45, 7) is 3.85. The fourth-order valence-corrected chi connectivity index (χ4v) is 2.75. The van der Waals surface area contributed by atoms with E-state index >= 15 is 0 Å². The highest BCUT2D eigenvalue weighted by molar-refractivity contribution is 6.17. The Morgan fingerprint density at radius 1 is 0.909 bits per heavy atom. The quantitative estimate of drug-likeness (QED) is 0.682. The van der Waals surface area contributed by atoms with E-state index in [9.17, 15) is 4.79 Å². The molecule has 3 aromatic rings. The predicted octanol–water partition coefficient (Wildman–Crippen LogP) is 4.09. The molecule has 0 saturated carbocycles. The van der Waals surface area contributed by atoms with Gasteiger partial charge in [-0.25, -0.2) is 0 Å². The molecule has 0 spiro atoms. The summed E-state index contributed by atoms with van der Waals surface area (Å²) in [7, 11) is 1.61. The number of carbonyl (C=O) groups is 1. The standard InChI is InChI=1S/C19H17NO2/c1-12-16-6-4-5-7-17(16)18(13(2)20-12)19(21)14-8-10-15(22-3)11-9-14/h4-11H,1-3H3. The first-order valence-corrected chi connectivity index (χ1v) is 7.16. The molecule has 22 heavy (non-hydrogen) atoms. The minimum Gasteiger partial charge on any atom is -0.497 e. The van der Waals surface area contributed by atoms with Crippen molar-refractivity contribution in [3.05, 3.63) is 71.0 Å². The third-order valence-electron chi connectivity index (χ3n) is 3.86. The first-order chi connectivity index (χ1) is 10.6. The zero-order chi connectivity index (χ0) is 15.7. The number of aryl methyl sites for hydroxylation is 2. The zero-order valence-corrected chi connectivity index (χ0v) is 12.9. The van der Waals surface area contributed by atoms with Crippen molar-refractivity contribution in [2.45, 2.75) is 13.8 Å². The lowest BCUT2D eigenvalue weighted by molar-refractivity contribution is 0.103. The average Bonchev–Trinajstić information content (AvgIpc) is 2.55. The molecule has 0 amide bonds. The molecule has 0 N–H and O–H groups in total. The molecule has 110 valence electrons. The molecule has 0 aliphatic heterocycles. The molecule has 0 aliphatic carbocycles. The van der Waals surface area contributed by atoms with Gasteiger partial charge in [-0.3, -0.25) is 9.78 Å². The number of hydrogen-bond acceptors (Lipinski definition) is 3. The Morgan fingerprint density at radius 3 is 2.18 bits per heavy atom. The summed E-state index contributed by atoms with van der Waals surface area (Å²) in [5.74, 6) is 0.726. The highest BCUT2D eigenvalue weighted by atomic mass is 16.5. The van der Waals surface area contributed by atoms with Gasteiger partial charge in [0.05, 0.1) is 12.7 Å². The molecule has 0 fully saturated rings. The second-order valence-electron chi connectivity index (χ2n) is 5.26. The van der Waals surface area contributed by atoms with Crippen LogP contribution in [-0.2, 0) is 0 Å². The van der Waals surface area contributed by atoms with Gasteiger partial charge in [0, 0.05) is 22.3 Å². The van der Waals surface area contributed by atoms with Crippen molar-refractivity contribution in [2.24, 2.45) is 0 Å². The number of ketones is 1. The molecular formula is C19H17NO2. The van der Waals surface area contributed by atoms with Crippen molar-refractivity contribution in [1.29, 1.82) is 0 Å². The van der Waals surface area contributed by atoms with Crippen LogP contribution in [0.3, 0.4) is 0 Å². The molecule has 0 aliphatic rings. The molecule has 3 nitrogen and oxygen atoms in total. The number of methoxy groups -OCH3 is 1. The van der Waals surface area contributed by atoms with Gasteiger partial charge in [-0.05, 0) is 43.5 Å². The third kappa shape index (κ3) is 2.35. The number of rotatable bonds is 3. The van der Waals surface area contributed by atoms with E-state index in [0.29, 0.717) is 11.1 Å². The van der Waals surface area contributed by atoms with Crippen LogP contribution in [0, 0.1) is 13.8 Å². The van der Waals surface area contributed by atoms with Gasteiger partial charge >= 0.3 is 0 Å². The van der Waals surface area contributed by atoms with Gasteiger partial charge in [0.25, 0.3) is 0 Å². The second kappa shape index (κ2) is 5.60. The molecule has 1 heterocycles. The maximum atomic E-state index is 12.9. The minimum absolute atomic E-state index is 0.0103. The summed E-state index contributed by atoms with van der Waals surface area (Å²) >= 11 is 0. The first-order valence-electron chi connectivity index (χ1n) is 7.16. The Balaban J connectivity index is 2.18. The fraction of sp³-hybridized carbons (Fsp3) is 0.158. The van der Waals surface area contributed by atoms with Crippen molar-refractivity contribution in [3.63, 3.8) is 0 Å². The van der Waals surface area contributed by atoms with Crippen molar-refractivity contribution in [3.8, 4) is 5.75 Å². The largest absolute Gasteiger partial charge is 0.497 e. The molecular weight excluding hydrogens is 274 g/mol. The minimum atomic E-state index is -0.0103. The van der Waals surface area contributed by atoms with E-state index in [2.05, 4.69) is 4.98 Å². The fourth-order valence-electron chi connectivity index (χ4n) is 2.75. The number of benzene rings is 2. The maximum Gasteiger partial charge on any atom is 0.195 e. The molecule has 2 aromatic carbocycles. The van der Waals surface area contributed by atoms with E-state index in [4.69, 9.17) is 4.74 Å². The SMILES string of the molecule is COc1ccc(C(=O)c2c(C)nc(C)c3ccccc23)cc1. The van der Waals surface area contributed by atoms with Crippen molar-refractivity contribution in [1.82, 2.24) is 4.98 Å². The zero-order valence-electron chi connectivity index (χ0n) is 12.9. The van der Waals surface area contributed by atoms with Crippen LogP contribution in [0.15, 0.2) is 48.5 Å². The van der Waals surface area contributed by atoms with Crippen LogP contribution in [0.4, 0.5) is 0 Å². The van der Waals surface area contributed by atoms with Crippen LogP contribution >= 0.6 is 0 Å². The van der Waals surface area contributed by atoms with Gasteiger partial charge < -0.3 is 4.74 Å². The molecule has 0 radical (unpaired) electrons. The molecule has 0 bridgehead atoms. The van der Waals surface area contributed by atoms with Crippen LogP contribution in [0.25, 0.3) is 10.8 Å². The van der Waals surface area contributed by atoms with Gasteiger partial charge in [-0.1, -0.05) is 24.3 Å². The van der Waals surface area contributed by atoms with Crippen molar-refractivity contribution < 1.29 is 9.53 Å². The Kier molecular flexibility index (Phi) is 3.63. The van der Waals surface area contributed by atoms with Crippen molar-refractivity contribution >= 4 is 16.6 Å². The van der Waals surface area contributed by atoms with E-state index in [1.54, 1.807) is 31.4 Å². The maximum absolute atomic E-state index is 12.9. The van der Waals surface area contributed by atoms with E-state index in [-0.39, 0.29) is 5.78 Å². The lowest BCUT2D eigenvalue weighted by atomic mass is 9.95. The lowest BCUT2D eigenvalue weighted by Gasteiger charge is -2.11. The number of hydrogen-bond donors (Lipinski definition) is 0. The summed E-state index contributed by atoms with van der Waals surface area (Å²) in [5, 5.41) is 1.97. The number of pyridine rings is 1. The topological polar surface area (TPSA) is 39.2 Å². The van der Waals surface area contributed by atoms with E-state index < -0.39 is 0 Å². The normalized spacial score (nSPS) is 10.7. The Morgan fingerprint density at radius 2 is 1.55 bits per heavy atom. The van der Waals surface area contributed by atoms with Gasteiger partial charge in [0.1, 0.15) is 5.75 Å².